The fourth-order valence-corrected chi connectivity index (χ4v) is 6.33. The zero-order valence-corrected chi connectivity index (χ0v) is 21.0. The number of benzene rings is 1. The molecule has 3 aliphatic heterocycles. The van der Waals surface area contributed by atoms with E-state index in [-0.39, 0.29) is 23.2 Å². The Morgan fingerprint density at radius 2 is 2.06 bits per heavy atom. The van der Waals surface area contributed by atoms with Gasteiger partial charge in [-0.15, -0.1) is 11.8 Å². The Labute approximate surface area is 202 Å². The molecule has 2 aromatic rings. The summed E-state index contributed by atoms with van der Waals surface area (Å²) in [5, 5.41) is 1.56. The van der Waals surface area contributed by atoms with Crippen LogP contribution in [0.15, 0.2) is 21.8 Å². The summed E-state index contributed by atoms with van der Waals surface area (Å²) >= 11 is 8.30. The molecule has 0 bridgehead atoms. The molecule has 1 spiro atoms. The molecule has 3 aliphatic rings. The lowest BCUT2D eigenvalue weighted by Gasteiger charge is -2.41. The van der Waals surface area contributed by atoms with Crippen molar-refractivity contribution in [1.82, 2.24) is 14.5 Å². The first kappa shape index (κ1) is 22.8. The third-order valence-corrected chi connectivity index (χ3v) is 8.30. The van der Waals surface area contributed by atoms with Crippen LogP contribution in [0.1, 0.15) is 27.7 Å². The maximum atomic E-state index is 13.3. The summed E-state index contributed by atoms with van der Waals surface area (Å²) in [7, 11) is 0. The fourth-order valence-electron chi connectivity index (χ4n) is 4.74. The van der Waals surface area contributed by atoms with Crippen LogP contribution < -0.4 is 10.6 Å². The van der Waals surface area contributed by atoms with E-state index in [0.717, 1.165) is 21.6 Å². The van der Waals surface area contributed by atoms with Crippen LogP contribution in [0, 0.1) is 5.41 Å². The predicted octanol–water partition coefficient (Wildman–Crippen LogP) is 3.62. The summed E-state index contributed by atoms with van der Waals surface area (Å²) < 4.78 is 12.8. The summed E-state index contributed by atoms with van der Waals surface area (Å²) in [5.74, 6) is 1.51. The number of rotatable bonds is 1. The number of carbonyl (C=O) groups is 1. The van der Waals surface area contributed by atoms with Crippen molar-refractivity contribution < 1.29 is 14.3 Å². The highest BCUT2D eigenvalue weighted by atomic mass is 35.5. The molecule has 178 valence electrons. The molecule has 1 amide bonds. The van der Waals surface area contributed by atoms with E-state index in [1.165, 1.54) is 0 Å². The molecule has 10 heteroatoms. The van der Waals surface area contributed by atoms with Crippen LogP contribution in [0.5, 0.6) is 0 Å². The minimum Gasteiger partial charge on any atom is -0.444 e. The van der Waals surface area contributed by atoms with Gasteiger partial charge >= 0.3 is 11.8 Å². The van der Waals surface area contributed by atoms with Crippen LogP contribution in [0.3, 0.4) is 0 Å². The van der Waals surface area contributed by atoms with Crippen molar-refractivity contribution in [1.29, 1.82) is 0 Å². The maximum Gasteiger partial charge on any atom is 0.410 e. The number of nitrogens with zero attached hydrogens (tertiary/aromatic N) is 4. The summed E-state index contributed by atoms with van der Waals surface area (Å²) in [6.45, 7) is 11.1. The predicted molar refractivity (Wildman–Crippen MR) is 130 cm³/mol. The number of thioether (sulfide) groups is 1. The first-order valence-electron chi connectivity index (χ1n) is 11.3. The highest BCUT2D eigenvalue weighted by Gasteiger charge is 2.42. The Hall–Kier alpha value is -1.97. The van der Waals surface area contributed by atoms with E-state index in [1.54, 1.807) is 21.2 Å². The van der Waals surface area contributed by atoms with Crippen molar-refractivity contribution >= 4 is 46.2 Å². The van der Waals surface area contributed by atoms with Gasteiger partial charge in [-0.05, 0) is 39.8 Å². The highest BCUT2D eigenvalue weighted by Crippen LogP contribution is 2.45. The number of piperazine rings is 1. The van der Waals surface area contributed by atoms with Gasteiger partial charge in [0.25, 0.3) is 0 Å². The zero-order chi connectivity index (χ0) is 23.5. The standard InChI is InChI=1S/C23H29ClN4O4S/c1-14-9-26(21(30)32-22(2,3)4)7-8-27(14)19-15-5-6-16(24)18-17(15)28(20(29)25-19)10-23(13-33-18)11-31-12-23/h5-6,14H,7-13H2,1-4H3. The molecule has 4 heterocycles. The Bertz CT molecular complexity index is 1170. The van der Waals surface area contributed by atoms with Crippen LogP contribution in [0.2, 0.25) is 5.02 Å². The largest absolute Gasteiger partial charge is 0.444 e. The number of hydrogen-bond acceptors (Lipinski definition) is 7. The second kappa shape index (κ2) is 8.06. The highest BCUT2D eigenvalue weighted by molar-refractivity contribution is 7.99. The Morgan fingerprint density at radius 1 is 1.30 bits per heavy atom. The summed E-state index contributed by atoms with van der Waals surface area (Å²) in [6, 6.07) is 3.83. The average molecular weight is 493 g/mol. The first-order valence-corrected chi connectivity index (χ1v) is 12.6. The Morgan fingerprint density at radius 3 is 2.70 bits per heavy atom. The monoisotopic (exact) mass is 492 g/mol. The van der Waals surface area contributed by atoms with Gasteiger partial charge in [-0.3, -0.25) is 4.57 Å². The van der Waals surface area contributed by atoms with Crippen LogP contribution in [0.25, 0.3) is 10.9 Å². The van der Waals surface area contributed by atoms with Gasteiger partial charge in [0.15, 0.2) is 0 Å². The van der Waals surface area contributed by atoms with Gasteiger partial charge in [-0.1, -0.05) is 11.6 Å². The first-order chi connectivity index (χ1) is 15.6. The van der Waals surface area contributed by atoms with E-state index in [9.17, 15) is 9.59 Å². The lowest BCUT2D eigenvalue weighted by atomic mass is 9.88. The normalized spacial score (nSPS) is 22.3. The van der Waals surface area contributed by atoms with Crippen LogP contribution >= 0.6 is 23.4 Å². The summed E-state index contributed by atoms with van der Waals surface area (Å²) in [6.07, 6.45) is -0.313. The minimum atomic E-state index is -0.540. The molecule has 1 atom stereocenters. The van der Waals surface area contributed by atoms with E-state index < -0.39 is 5.60 Å². The number of hydrogen-bond donors (Lipinski definition) is 0. The van der Waals surface area contributed by atoms with E-state index in [4.69, 9.17) is 21.1 Å². The molecular formula is C23H29ClN4O4S. The van der Waals surface area contributed by atoms with Gasteiger partial charge < -0.3 is 19.3 Å². The number of anilines is 1. The van der Waals surface area contributed by atoms with Gasteiger partial charge in [0.2, 0.25) is 0 Å². The zero-order valence-electron chi connectivity index (χ0n) is 19.4. The molecule has 2 fully saturated rings. The Kier molecular flexibility index (Phi) is 5.57. The van der Waals surface area contributed by atoms with Crippen molar-refractivity contribution in [2.75, 3.05) is 43.5 Å². The fraction of sp³-hybridized carbons (Fsp3) is 0.609. The van der Waals surface area contributed by atoms with Crippen LogP contribution in [-0.4, -0.2) is 70.8 Å². The number of carbonyl (C=O) groups excluding carboxylic acids is 1. The van der Waals surface area contributed by atoms with Crippen molar-refractivity contribution in [3.8, 4) is 0 Å². The van der Waals surface area contributed by atoms with Gasteiger partial charge in [0.05, 0.1) is 28.6 Å². The van der Waals surface area contributed by atoms with E-state index >= 15 is 0 Å². The smallest absolute Gasteiger partial charge is 0.410 e. The van der Waals surface area contributed by atoms with Crippen LogP contribution in [-0.2, 0) is 16.0 Å². The van der Waals surface area contributed by atoms with Crippen molar-refractivity contribution in [2.45, 2.75) is 50.8 Å². The molecule has 1 unspecified atom stereocenters. The number of amides is 1. The molecule has 0 radical (unpaired) electrons. The summed E-state index contributed by atoms with van der Waals surface area (Å²) in [5.41, 5.74) is -0.00816. The quantitative estimate of drug-likeness (QED) is 0.601. The molecule has 8 nitrogen and oxygen atoms in total. The average Bonchev–Trinajstić information content (AvgIpc) is 2.90. The molecular weight excluding hydrogens is 464 g/mol. The second-order valence-corrected chi connectivity index (χ2v) is 11.7. The lowest BCUT2D eigenvalue weighted by molar-refractivity contribution is -0.106. The van der Waals surface area contributed by atoms with Crippen molar-refractivity contribution in [2.24, 2.45) is 5.41 Å². The van der Waals surface area contributed by atoms with Gasteiger partial charge in [0.1, 0.15) is 11.4 Å². The van der Waals surface area contributed by atoms with E-state index in [0.29, 0.717) is 50.2 Å². The number of halogens is 1. The molecule has 0 N–H and O–H groups in total. The van der Waals surface area contributed by atoms with Crippen LogP contribution in [0.4, 0.5) is 10.6 Å². The van der Waals surface area contributed by atoms with Gasteiger partial charge in [0, 0.05) is 48.8 Å². The van der Waals surface area contributed by atoms with E-state index in [1.807, 2.05) is 39.8 Å². The van der Waals surface area contributed by atoms with Crippen molar-refractivity contribution in [3.05, 3.63) is 27.6 Å². The molecule has 33 heavy (non-hydrogen) atoms. The van der Waals surface area contributed by atoms with Crippen molar-refractivity contribution in [3.63, 3.8) is 0 Å². The molecule has 1 aromatic heterocycles. The summed E-state index contributed by atoms with van der Waals surface area (Å²) in [4.78, 5) is 35.2. The molecule has 1 aromatic carbocycles. The second-order valence-electron chi connectivity index (χ2n) is 10.3. The van der Waals surface area contributed by atoms with Gasteiger partial charge in [-0.2, -0.15) is 4.98 Å². The molecule has 0 saturated carbocycles. The molecule has 0 aliphatic carbocycles. The topological polar surface area (TPSA) is 76.9 Å². The minimum absolute atomic E-state index is 0.0273. The molecule has 2 saturated heterocycles. The van der Waals surface area contributed by atoms with Gasteiger partial charge in [-0.25, -0.2) is 9.59 Å². The molecule has 5 rings (SSSR count). The SMILES string of the molecule is CC1CN(C(=O)OC(C)(C)C)CCN1c1nc(=O)n2c3c(c(Cl)ccc13)SCC1(COC1)C2. The van der Waals surface area contributed by atoms with E-state index in [2.05, 4.69) is 9.88 Å². The number of aromatic nitrogens is 2. The Balaban J connectivity index is 1.51. The lowest BCUT2D eigenvalue weighted by Crippen LogP contribution is -2.55. The third-order valence-electron chi connectivity index (χ3n) is 6.41. The maximum absolute atomic E-state index is 13.3. The third kappa shape index (κ3) is 4.08. The number of ether oxygens (including phenoxy) is 2.